The number of fused-ring (bicyclic) bond motifs is 1. The van der Waals surface area contributed by atoms with Crippen LogP contribution in [0.15, 0.2) is 18.2 Å². The van der Waals surface area contributed by atoms with Crippen molar-refractivity contribution in [2.24, 2.45) is 5.73 Å². The van der Waals surface area contributed by atoms with Crippen molar-refractivity contribution in [3.8, 4) is 0 Å². The molecule has 17 heavy (non-hydrogen) atoms. The summed E-state index contributed by atoms with van der Waals surface area (Å²) < 4.78 is 0. The molecule has 2 rings (SSSR count). The number of benzene rings is 1. The number of nitrogens with two attached hydrogens (primary N) is 1. The minimum atomic E-state index is -0.337. The van der Waals surface area contributed by atoms with E-state index in [0.717, 1.165) is 16.8 Å². The Morgan fingerprint density at radius 3 is 3.06 bits per heavy atom. The lowest BCUT2D eigenvalue weighted by Gasteiger charge is -2.12. The van der Waals surface area contributed by atoms with Crippen molar-refractivity contribution in [2.75, 3.05) is 12.4 Å². The van der Waals surface area contributed by atoms with Gasteiger partial charge in [0.2, 0.25) is 11.8 Å². The summed E-state index contributed by atoms with van der Waals surface area (Å²) in [4.78, 5) is 22.4. The van der Waals surface area contributed by atoms with E-state index in [1.165, 1.54) is 0 Å². The first-order chi connectivity index (χ1) is 8.10. The first kappa shape index (κ1) is 11.6. The van der Waals surface area contributed by atoms with Crippen LogP contribution in [0.3, 0.4) is 0 Å². The Hall–Kier alpha value is -1.88. The fourth-order valence-electron chi connectivity index (χ4n) is 1.90. The van der Waals surface area contributed by atoms with Crippen LogP contribution in [-0.4, -0.2) is 18.9 Å². The van der Waals surface area contributed by atoms with Gasteiger partial charge in [0, 0.05) is 25.2 Å². The molecule has 0 fully saturated rings. The third-order valence-electron chi connectivity index (χ3n) is 2.87. The van der Waals surface area contributed by atoms with E-state index in [-0.39, 0.29) is 24.3 Å². The summed E-state index contributed by atoms with van der Waals surface area (Å²) in [6, 6.07) is 5.23. The van der Waals surface area contributed by atoms with E-state index < -0.39 is 0 Å². The van der Waals surface area contributed by atoms with Crippen LogP contribution in [0.4, 0.5) is 5.69 Å². The molecule has 0 saturated heterocycles. The van der Waals surface area contributed by atoms with Gasteiger partial charge in [-0.3, -0.25) is 9.59 Å². The molecule has 0 saturated carbocycles. The average Bonchev–Trinajstić information content (AvgIpc) is 2.67. The van der Waals surface area contributed by atoms with E-state index in [0.29, 0.717) is 6.42 Å². The normalized spacial score (nSPS) is 15.1. The first-order valence-corrected chi connectivity index (χ1v) is 5.49. The molecule has 0 aromatic heterocycles. The van der Waals surface area contributed by atoms with Gasteiger partial charge in [0.15, 0.2) is 0 Å². The van der Waals surface area contributed by atoms with E-state index in [2.05, 4.69) is 10.6 Å². The molecular weight excluding hydrogens is 218 g/mol. The molecule has 1 atom stereocenters. The number of nitrogens with one attached hydrogen (secondary N) is 2. The Morgan fingerprint density at radius 2 is 2.35 bits per heavy atom. The number of hydrogen-bond donors (Lipinski definition) is 3. The fourth-order valence-corrected chi connectivity index (χ4v) is 1.90. The standard InChI is InChI=1S/C12H15N3O2/c1-14-11(16)6-9(13)7-2-3-10-8(4-7)5-12(17)15-10/h2-4,9H,5-6,13H2,1H3,(H,14,16)(H,15,17). The second kappa shape index (κ2) is 4.55. The molecule has 2 amide bonds. The lowest BCUT2D eigenvalue weighted by atomic mass is 10.0. The number of carbonyl (C=O) groups is 2. The smallest absolute Gasteiger partial charge is 0.228 e. The Balaban J connectivity index is 2.15. The molecule has 0 aliphatic carbocycles. The van der Waals surface area contributed by atoms with E-state index in [9.17, 15) is 9.59 Å². The summed E-state index contributed by atoms with van der Waals surface area (Å²) in [6.45, 7) is 0. The van der Waals surface area contributed by atoms with Crippen LogP contribution in [-0.2, 0) is 16.0 Å². The van der Waals surface area contributed by atoms with Crippen molar-refractivity contribution in [3.63, 3.8) is 0 Å². The third-order valence-corrected chi connectivity index (χ3v) is 2.87. The molecule has 4 N–H and O–H groups in total. The van der Waals surface area contributed by atoms with Gasteiger partial charge in [0.05, 0.1) is 6.42 Å². The lowest BCUT2D eigenvalue weighted by Crippen LogP contribution is -2.24. The fraction of sp³-hybridized carbons (Fsp3) is 0.333. The Kier molecular flexibility index (Phi) is 3.10. The first-order valence-electron chi connectivity index (χ1n) is 5.49. The maximum atomic E-state index is 11.2. The van der Waals surface area contributed by atoms with Crippen LogP contribution in [0, 0.1) is 0 Å². The van der Waals surface area contributed by atoms with Gasteiger partial charge in [-0.05, 0) is 17.2 Å². The second-order valence-corrected chi connectivity index (χ2v) is 4.13. The van der Waals surface area contributed by atoms with E-state index in [1.807, 2.05) is 18.2 Å². The van der Waals surface area contributed by atoms with Crippen molar-refractivity contribution in [1.29, 1.82) is 0 Å². The Morgan fingerprint density at radius 1 is 1.59 bits per heavy atom. The van der Waals surface area contributed by atoms with Crippen LogP contribution in [0.5, 0.6) is 0 Å². The van der Waals surface area contributed by atoms with Crippen LogP contribution in [0.25, 0.3) is 0 Å². The molecule has 5 heteroatoms. The van der Waals surface area contributed by atoms with Gasteiger partial charge in [-0.15, -0.1) is 0 Å². The monoisotopic (exact) mass is 233 g/mol. The highest BCUT2D eigenvalue weighted by atomic mass is 16.2. The van der Waals surface area contributed by atoms with Crippen LogP contribution < -0.4 is 16.4 Å². The number of hydrogen-bond acceptors (Lipinski definition) is 3. The topological polar surface area (TPSA) is 84.2 Å². The predicted octanol–water partition coefficient (Wildman–Crippen LogP) is 0.317. The molecule has 1 unspecified atom stereocenters. The zero-order valence-electron chi connectivity index (χ0n) is 9.62. The Labute approximate surface area is 99.4 Å². The van der Waals surface area contributed by atoms with Gasteiger partial charge >= 0.3 is 0 Å². The molecule has 0 radical (unpaired) electrons. The molecule has 1 aromatic rings. The molecule has 1 heterocycles. The van der Waals surface area contributed by atoms with Gasteiger partial charge in [0.25, 0.3) is 0 Å². The summed E-state index contributed by atoms with van der Waals surface area (Å²) in [5, 5.41) is 5.30. The van der Waals surface area contributed by atoms with Gasteiger partial charge in [0.1, 0.15) is 0 Å². The number of carbonyl (C=O) groups excluding carboxylic acids is 2. The van der Waals surface area contributed by atoms with Crippen molar-refractivity contribution in [3.05, 3.63) is 29.3 Å². The van der Waals surface area contributed by atoms with Gasteiger partial charge in [-0.2, -0.15) is 0 Å². The minimum absolute atomic E-state index is 0.00276. The van der Waals surface area contributed by atoms with Crippen LogP contribution in [0.1, 0.15) is 23.6 Å². The zero-order chi connectivity index (χ0) is 12.4. The molecule has 0 spiro atoms. The molecule has 90 valence electrons. The van der Waals surface area contributed by atoms with Gasteiger partial charge in [-0.25, -0.2) is 0 Å². The SMILES string of the molecule is CNC(=O)CC(N)c1ccc2c(c1)CC(=O)N2. The maximum Gasteiger partial charge on any atom is 0.228 e. The highest BCUT2D eigenvalue weighted by molar-refractivity contribution is 5.99. The molecular formula is C12H15N3O2. The molecule has 5 nitrogen and oxygen atoms in total. The van der Waals surface area contributed by atoms with Crippen molar-refractivity contribution in [2.45, 2.75) is 18.9 Å². The average molecular weight is 233 g/mol. The largest absolute Gasteiger partial charge is 0.359 e. The number of rotatable bonds is 3. The molecule has 0 bridgehead atoms. The highest BCUT2D eigenvalue weighted by Crippen LogP contribution is 2.26. The highest BCUT2D eigenvalue weighted by Gasteiger charge is 2.19. The number of anilines is 1. The van der Waals surface area contributed by atoms with Crippen molar-refractivity contribution in [1.82, 2.24) is 5.32 Å². The third kappa shape index (κ3) is 2.45. The van der Waals surface area contributed by atoms with E-state index >= 15 is 0 Å². The minimum Gasteiger partial charge on any atom is -0.359 e. The lowest BCUT2D eigenvalue weighted by molar-refractivity contribution is -0.121. The van der Waals surface area contributed by atoms with Crippen molar-refractivity contribution < 1.29 is 9.59 Å². The quantitative estimate of drug-likeness (QED) is 0.702. The maximum absolute atomic E-state index is 11.2. The number of amides is 2. The second-order valence-electron chi connectivity index (χ2n) is 4.13. The van der Waals surface area contributed by atoms with Crippen LogP contribution >= 0.6 is 0 Å². The summed E-state index contributed by atoms with van der Waals surface area (Å²) in [7, 11) is 1.58. The Bertz CT molecular complexity index is 471. The zero-order valence-corrected chi connectivity index (χ0v) is 9.62. The molecule has 1 aromatic carbocycles. The summed E-state index contributed by atoms with van der Waals surface area (Å²) in [5.41, 5.74) is 8.60. The summed E-state index contributed by atoms with van der Waals surface area (Å²) in [5.74, 6) is -0.0933. The summed E-state index contributed by atoms with van der Waals surface area (Å²) >= 11 is 0. The predicted molar refractivity (Wildman–Crippen MR) is 64.4 cm³/mol. The van der Waals surface area contributed by atoms with E-state index in [1.54, 1.807) is 7.05 Å². The molecule has 1 aliphatic rings. The van der Waals surface area contributed by atoms with Crippen molar-refractivity contribution >= 4 is 17.5 Å². The molecule has 1 aliphatic heterocycles. The van der Waals surface area contributed by atoms with Gasteiger partial charge < -0.3 is 16.4 Å². The van der Waals surface area contributed by atoms with Crippen LogP contribution in [0.2, 0.25) is 0 Å². The van der Waals surface area contributed by atoms with E-state index in [4.69, 9.17) is 5.73 Å². The van der Waals surface area contributed by atoms with Gasteiger partial charge in [-0.1, -0.05) is 12.1 Å². The summed E-state index contributed by atoms with van der Waals surface area (Å²) in [6.07, 6.45) is 0.631.